The van der Waals surface area contributed by atoms with Gasteiger partial charge in [0.05, 0.1) is 23.5 Å². The minimum Gasteiger partial charge on any atom is -0.454 e. The Bertz CT molecular complexity index is 1120. The number of hydrogen-bond donors (Lipinski definition) is 1. The highest BCUT2D eigenvalue weighted by molar-refractivity contribution is 6.31. The van der Waals surface area contributed by atoms with Gasteiger partial charge in [-0.3, -0.25) is 9.59 Å². The number of carbonyl (C=O) groups is 2. The van der Waals surface area contributed by atoms with E-state index in [0.717, 1.165) is 22.2 Å². The van der Waals surface area contributed by atoms with Crippen molar-refractivity contribution in [2.45, 2.75) is 32.4 Å². The summed E-state index contributed by atoms with van der Waals surface area (Å²) in [5, 5.41) is 0.602. The largest absolute Gasteiger partial charge is 0.454 e. The Morgan fingerprint density at radius 1 is 1.28 bits per heavy atom. The van der Waals surface area contributed by atoms with Crippen LogP contribution in [0.3, 0.4) is 0 Å². The average Bonchev–Trinajstić information content (AvgIpc) is 3.11. The number of aromatic amines is 1. The molecular formula is C22H20ClN3O3. The van der Waals surface area contributed by atoms with E-state index in [0.29, 0.717) is 10.8 Å². The molecule has 0 aliphatic carbocycles. The summed E-state index contributed by atoms with van der Waals surface area (Å²) in [7, 11) is 0. The SMILES string of the molecule is CC(=O)N1C=Cc2ccccc2[C@H]1CC(=O)O[C@@H](C)c1nc2ccc(Cl)cc2[nH]1. The van der Waals surface area contributed by atoms with Crippen molar-refractivity contribution in [2.24, 2.45) is 0 Å². The smallest absolute Gasteiger partial charge is 0.308 e. The van der Waals surface area contributed by atoms with E-state index in [1.807, 2.05) is 36.4 Å². The van der Waals surface area contributed by atoms with Gasteiger partial charge in [0.2, 0.25) is 5.91 Å². The van der Waals surface area contributed by atoms with E-state index in [2.05, 4.69) is 9.97 Å². The summed E-state index contributed by atoms with van der Waals surface area (Å²) in [5.41, 5.74) is 3.45. The van der Waals surface area contributed by atoms with Crippen molar-refractivity contribution in [1.29, 1.82) is 0 Å². The van der Waals surface area contributed by atoms with Crippen LogP contribution in [0.5, 0.6) is 0 Å². The van der Waals surface area contributed by atoms with Crippen LogP contribution in [-0.4, -0.2) is 26.7 Å². The Balaban J connectivity index is 1.51. The minimum absolute atomic E-state index is 0.0529. The molecule has 7 heteroatoms. The Kier molecular flexibility index (Phi) is 5.11. The van der Waals surface area contributed by atoms with Crippen LogP contribution in [-0.2, 0) is 14.3 Å². The monoisotopic (exact) mass is 409 g/mol. The number of hydrogen-bond acceptors (Lipinski definition) is 4. The van der Waals surface area contributed by atoms with E-state index in [1.54, 1.807) is 30.2 Å². The van der Waals surface area contributed by atoms with Gasteiger partial charge in [0, 0.05) is 18.1 Å². The molecule has 1 N–H and O–H groups in total. The molecule has 0 bridgehead atoms. The Hall–Kier alpha value is -3.12. The quantitative estimate of drug-likeness (QED) is 0.629. The molecule has 2 atom stereocenters. The number of amides is 1. The number of rotatable bonds is 4. The van der Waals surface area contributed by atoms with E-state index < -0.39 is 18.1 Å². The molecule has 1 aliphatic rings. The first-order valence-corrected chi connectivity index (χ1v) is 9.71. The van der Waals surface area contributed by atoms with Crippen molar-refractivity contribution in [2.75, 3.05) is 0 Å². The third kappa shape index (κ3) is 3.89. The molecule has 0 unspecified atom stereocenters. The summed E-state index contributed by atoms with van der Waals surface area (Å²) >= 11 is 6.01. The maximum absolute atomic E-state index is 12.7. The number of aromatic nitrogens is 2. The van der Waals surface area contributed by atoms with Gasteiger partial charge >= 0.3 is 5.97 Å². The van der Waals surface area contributed by atoms with E-state index in [1.165, 1.54) is 6.92 Å². The maximum atomic E-state index is 12.7. The summed E-state index contributed by atoms with van der Waals surface area (Å²) < 4.78 is 5.61. The molecule has 1 aromatic heterocycles. The molecule has 0 saturated carbocycles. The van der Waals surface area contributed by atoms with Gasteiger partial charge in [0.15, 0.2) is 6.10 Å². The van der Waals surface area contributed by atoms with Gasteiger partial charge in [0.25, 0.3) is 0 Å². The summed E-state index contributed by atoms with van der Waals surface area (Å²) in [5.74, 6) is 0.0103. The van der Waals surface area contributed by atoms with Gasteiger partial charge < -0.3 is 14.6 Å². The molecule has 4 rings (SSSR count). The predicted octanol–water partition coefficient (Wildman–Crippen LogP) is 4.78. The van der Waals surface area contributed by atoms with Crippen molar-refractivity contribution in [3.63, 3.8) is 0 Å². The van der Waals surface area contributed by atoms with Crippen LogP contribution < -0.4 is 0 Å². The third-order valence-corrected chi connectivity index (χ3v) is 5.22. The Morgan fingerprint density at radius 2 is 2.07 bits per heavy atom. The van der Waals surface area contributed by atoms with Gasteiger partial charge in [-0.1, -0.05) is 35.9 Å². The van der Waals surface area contributed by atoms with E-state index in [-0.39, 0.29) is 12.3 Å². The molecule has 0 spiro atoms. The molecule has 148 valence electrons. The van der Waals surface area contributed by atoms with Gasteiger partial charge in [-0.05, 0) is 42.3 Å². The average molecular weight is 410 g/mol. The van der Waals surface area contributed by atoms with Crippen molar-refractivity contribution in [3.8, 4) is 0 Å². The summed E-state index contributed by atoms with van der Waals surface area (Å²) in [6, 6.07) is 12.7. The number of halogens is 1. The number of nitrogens with one attached hydrogen (secondary N) is 1. The predicted molar refractivity (Wildman–Crippen MR) is 111 cm³/mol. The van der Waals surface area contributed by atoms with Crippen molar-refractivity contribution in [3.05, 3.63) is 70.6 Å². The zero-order valence-corrected chi connectivity index (χ0v) is 16.8. The van der Waals surface area contributed by atoms with Crippen LogP contribution in [0.25, 0.3) is 17.1 Å². The first-order chi connectivity index (χ1) is 13.9. The number of carbonyl (C=O) groups excluding carboxylic acids is 2. The van der Waals surface area contributed by atoms with E-state index >= 15 is 0 Å². The lowest BCUT2D eigenvalue weighted by molar-refractivity contribution is -0.150. The number of esters is 1. The van der Waals surface area contributed by atoms with E-state index in [4.69, 9.17) is 16.3 Å². The van der Waals surface area contributed by atoms with Crippen LogP contribution in [0.1, 0.15) is 49.4 Å². The van der Waals surface area contributed by atoms with E-state index in [9.17, 15) is 9.59 Å². The summed E-state index contributed by atoms with van der Waals surface area (Å²) in [6.07, 6.45) is 3.08. The molecule has 29 heavy (non-hydrogen) atoms. The standard InChI is InChI=1S/C22H20ClN3O3/c1-13(22-24-18-8-7-16(23)11-19(18)25-22)29-21(28)12-20-17-6-4-3-5-15(17)9-10-26(20)14(2)27/h3-11,13,20H,12H2,1-2H3,(H,24,25)/t13-,20+/m0/s1. The van der Waals surface area contributed by atoms with Crippen LogP contribution >= 0.6 is 11.6 Å². The molecule has 1 amide bonds. The maximum Gasteiger partial charge on any atom is 0.308 e. The van der Waals surface area contributed by atoms with Gasteiger partial charge in [0.1, 0.15) is 5.82 Å². The fourth-order valence-electron chi connectivity index (χ4n) is 3.57. The van der Waals surface area contributed by atoms with Gasteiger partial charge in [-0.2, -0.15) is 0 Å². The normalized spacial score (nSPS) is 16.5. The van der Waals surface area contributed by atoms with Crippen molar-refractivity contribution in [1.82, 2.24) is 14.9 Å². The number of ether oxygens (including phenoxy) is 1. The number of imidazole rings is 1. The molecule has 0 radical (unpaired) electrons. The van der Waals surface area contributed by atoms with Crippen LogP contribution in [0.4, 0.5) is 0 Å². The molecular weight excluding hydrogens is 390 g/mol. The molecule has 2 heterocycles. The molecule has 1 aliphatic heterocycles. The highest BCUT2D eigenvalue weighted by Crippen LogP contribution is 2.33. The lowest BCUT2D eigenvalue weighted by Crippen LogP contribution is -2.32. The zero-order chi connectivity index (χ0) is 20.5. The highest BCUT2D eigenvalue weighted by atomic mass is 35.5. The number of benzene rings is 2. The van der Waals surface area contributed by atoms with Crippen LogP contribution in [0.2, 0.25) is 5.02 Å². The molecule has 0 saturated heterocycles. The molecule has 0 fully saturated rings. The second-order valence-corrected chi connectivity index (χ2v) is 7.44. The fourth-order valence-corrected chi connectivity index (χ4v) is 3.74. The Morgan fingerprint density at radius 3 is 2.86 bits per heavy atom. The van der Waals surface area contributed by atoms with Crippen LogP contribution in [0.15, 0.2) is 48.7 Å². The summed E-state index contributed by atoms with van der Waals surface area (Å²) in [6.45, 7) is 3.24. The topological polar surface area (TPSA) is 75.3 Å². The van der Waals surface area contributed by atoms with Crippen LogP contribution in [0, 0.1) is 0 Å². The third-order valence-electron chi connectivity index (χ3n) is 4.98. The second kappa shape index (κ2) is 7.72. The lowest BCUT2D eigenvalue weighted by Gasteiger charge is -2.32. The number of nitrogens with zero attached hydrogens (tertiary/aromatic N) is 2. The van der Waals surface area contributed by atoms with Crippen molar-refractivity contribution < 1.29 is 14.3 Å². The van der Waals surface area contributed by atoms with Gasteiger partial charge in [-0.15, -0.1) is 0 Å². The number of fused-ring (bicyclic) bond motifs is 2. The zero-order valence-electron chi connectivity index (χ0n) is 16.1. The van der Waals surface area contributed by atoms with Crippen molar-refractivity contribution >= 4 is 40.6 Å². The second-order valence-electron chi connectivity index (χ2n) is 7.01. The summed E-state index contributed by atoms with van der Waals surface area (Å²) in [4.78, 5) is 33.9. The molecule has 2 aromatic carbocycles. The number of H-pyrrole nitrogens is 1. The fraction of sp³-hybridized carbons (Fsp3) is 0.227. The molecule has 6 nitrogen and oxygen atoms in total. The Labute approximate surface area is 173 Å². The lowest BCUT2D eigenvalue weighted by atomic mass is 9.94. The first kappa shape index (κ1) is 19.2. The van der Waals surface area contributed by atoms with Gasteiger partial charge in [-0.25, -0.2) is 4.98 Å². The highest BCUT2D eigenvalue weighted by Gasteiger charge is 2.29. The minimum atomic E-state index is -0.561. The first-order valence-electron chi connectivity index (χ1n) is 9.33. The molecule has 3 aromatic rings.